The molecule has 0 radical (unpaired) electrons. The van der Waals surface area contributed by atoms with Crippen LogP contribution in [-0.4, -0.2) is 18.5 Å². The normalized spacial score (nSPS) is 12.6. The van der Waals surface area contributed by atoms with Crippen LogP contribution in [0.4, 0.5) is 0 Å². The molecule has 20 heavy (non-hydrogen) atoms. The fraction of sp³-hybridized carbons (Fsp3) is 0.368. The van der Waals surface area contributed by atoms with Gasteiger partial charge < -0.3 is 4.90 Å². The highest BCUT2D eigenvalue weighted by atomic mass is 15.1. The summed E-state index contributed by atoms with van der Waals surface area (Å²) in [5.74, 6) is 0. The Balaban J connectivity index is 2.01. The lowest BCUT2D eigenvalue weighted by Gasteiger charge is -2.16. The van der Waals surface area contributed by atoms with E-state index in [9.17, 15) is 0 Å². The SMILES string of the molecule is CCc1ccc2c(c1)Cc1c(CN(C)CC)cccc1-2. The number of aryl methyl sites for hydroxylation is 1. The number of benzene rings is 2. The summed E-state index contributed by atoms with van der Waals surface area (Å²) in [4.78, 5) is 2.37. The highest BCUT2D eigenvalue weighted by molar-refractivity contribution is 5.78. The summed E-state index contributed by atoms with van der Waals surface area (Å²) in [7, 11) is 2.19. The molecule has 0 unspecified atom stereocenters. The Hall–Kier alpha value is -1.60. The minimum absolute atomic E-state index is 1.05. The maximum Gasteiger partial charge on any atom is 0.0233 e. The van der Waals surface area contributed by atoms with E-state index in [1.165, 1.54) is 33.4 Å². The molecule has 0 N–H and O–H groups in total. The zero-order valence-corrected chi connectivity index (χ0v) is 12.7. The molecule has 0 saturated carbocycles. The summed E-state index contributed by atoms with van der Waals surface area (Å²) >= 11 is 0. The molecule has 1 aliphatic rings. The van der Waals surface area contributed by atoms with Gasteiger partial charge in [-0.1, -0.05) is 50.2 Å². The van der Waals surface area contributed by atoms with Gasteiger partial charge in [0.25, 0.3) is 0 Å². The zero-order valence-electron chi connectivity index (χ0n) is 12.7. The van der Waals surface area contributed by atoms with Gasteiger partial charge in [0, 0.05) is 6.54 Å². The lowest BCUT2D eigenvalue weighted by molar-refractivity contribution is 0.345. The van der Waals surface area contributed by atoms with Crippen molar-refractivity contribution >= 4 is 0 Å². The first-order valence-electron chi connectivity index (χ1n) is 7.64. The van der Waals surface area contributed by atoms with Crippen molar-refractivity contribution in [3.8, 4) is 11.1 Å². The molecule has 0 spiro atoms. The molecular formula is C19H23N. The van der Waals surface area contributed by atoms with Crippen LogP contribution in [0.3, 0.4) is 0 Å². The van der Waals surface area contributed by atoms with Crippen LogP contribution < -0.4 is 0 Å². The van der Waals surface area contributed by atoms with Crippen molar-refractivity contribution in [3.05, 3.63) is 58.7 Å². The molecule has 0 atom stereocenters. The second kappa shape index (κ2) is 5.41. The van der Waals surface area contributed by atoms with Gasteiger partial charge in [0.1, 0.15) is 0 Å². The van der Waals surface area contributed by atoms with E-state index in [0.717, 1.165) is 25.9 Å². The van der Waals surface area contributed by atoms with Gasteiger partial charge >= 0.3 is 0 Å². The first-order valence-corrected chi connectivity index (χ1v) is 7.64. The van der Waals surface area contributed by atoms with Gasteiger partial charge in [-0.15, -0.1) is 0 Å². The molecule has 0 aromatic heterocycles. The van der Waals surface area contributed by atoms with Gasteiger partial charge in [-0.25, -0.2) is 0 Å². The molecule has 2 aromatic rings. The topological polar surface area (TPSA) is 3.24 Å². The fourth-order valence-corrected chi connectivity index (χ4v) is 3.11. The number of nitrogens with zero attached hydrogens (tertiary/aromatic N) is 1. The van der Waals surface area contributed by atoms with Gasteiger partial charge in [-0.3, -0.25) is 0 Å². The Bertz CT molecular complexity index is 628. The van der Waals surface area contributed by atoms with E-state index in [1.807, 2.05) is 0 Å². The molecular weight excluding hydrogens is 242 g/mol. The van der Waals surface area contributed by atoms with Crippen LogP contribution in [0, 0.1) is 0 Å². The molecule has 3 rings (SSSR count). The molecule has 0 saturated heterocycles. The van der Waals surface area contributed by atoms with Crippen LogP contribution in [0.25, 0.3) is 11.1 Å². The van der Waals surface area contributed by atoms with Crippen LogP contribution in [-0.2, 0) is 19.4 Å². The minimum Gasteiger partial charge on any atom is -0.302 e. The van der Waals surface area contributed by atoms with E-state index in [2.05, 4.69) is 62.2 Å². The summed E-state index contributed by atoms with van der Waals surface area (Å²) in [6.07, 6.45) is 2.22. The van der Waals surface area contributed by atoms with Crippen molar-refractivity contribution in [3.63, 3.8) is 0 Å². The number of fused-ring (bicyclic) bond motifs is 3. The van der Waals surface area contributed by atoms with E-state index in [4.69, 9.17) is 0 Å². The summed E-state index contributed by atoms with van der Waals surface area (Å²) < 4.78 is 0. The van der Waals surface area contributed by atoms with Crippen molar-refractivity contribution in [2.45, 2.75) is 33.2 Å². The van der Waals surface area contributed by atoms with Crippen LogP contribution in [0.5, 0.6) is 0 Å². The highest BCUT2D eigenvalue weighted by Crippen LogP contribution is 2.39. The molecule has 1 nitrogen and oxygen atoms in total. The molecule has 1 heteroatoms. The highest BCUT2D eigenvalue weighted by Gasteiger charge is 2.21. The van der Waals surface area contributed by atoms with E-state index in [-0.39, 0.29) is 0 Å². The minimum atomic E-state index is 1.05. The van der Waals surface area contributed by atoms with E-state index in [0.29, 0.717) is 0 Å². The third-order valence-electron chi connectivity index (χ3n) is 4.49. The van der Waals surface area contributed by atoms with Crippen molar-refractivity contribution in [2.75, 3.05) is 13.6 Å². The monoisotopic (exact) mass is 265 g/mol. The summed E-state index contributed by atoms with van der Waals surface area (Å²) in [6, 6.07) is 13.8. The van der Waals surface area contributed by atoms with Gasteiger partial charge in [-0.2, -0.15) is 0 Å². The Morgan fingerprint density at radius 1 is 1.05 bits per heavy atom. The molecule has 104 valence electrons. The second-order valence-corrected chi connectivity index (χ2v) is 5.80. The number of hydrogen-bond acceptors (Lipinski definition) is 1. The first-order chi connectivity index (χ1) is 9.72. The van der Waals surface area contributed by atoms with Gasteiger partial charge in [0.15, 0.2) is 0 Å². The molecule has 1 aliphatic carbocycles. The van der Waals surface area contributed by atoms with Crippen molar-refractivity contribution in [2.24, 2.45) is 0 Å². The Labute approximate surface area is 122 Å². The van der Waals surface area contributed by atoms with Crippen molar-refractivity contribution in [1.82, 2.24) is 4.90 Å². The maximum atomic E-state index is 2.39. The summed E-state index contributed by atoms with van der Waals surface area (Å²) in [5.41, 5.74) is 8.87. The lowest BCUT2D eigenvalue weighted by Crippen LogP contribution is -2.17. The molecule has 0 bridgehead atoms. The van der Waals surface area contributed by atoms with Crippen LogP contribution in [0.1, 0.15) is 36.1 Å². The standard InChI is InChI=1S/C19H23N/c1-4-14-9-10-17-16(11-14)12-19-15(13-20(3)5-2)7-6-8-18(17)19/h6-11H,4-5,12-13H2,1-3H3. The van der Waals surface area contributed by atoms with E-state index >= 15 is 0 Å². The fourth-order valence-electron chi connectivity index (χ4n) is 3.11. The lowest BCUT2D eigenvalue weighted by atomic mass is 10.0. The average molecular weight is 265 g/mol. The summed E-state index contributed by atoms with van der Waals surface area (Å²) in [5, 5.41) is 0. The van der Waals surface area contributed by atoms with Gasteiger partial charge in [0.2, 0.25) is 0 Å². The predicted molar refractivity (Wildman–Crippen MR) is 86.1 cm³/mol. The molecule has 0 aliphatic heterocycles. The smallest absolute Gasteiger partial charge is 0.0233 e. The number of hydrogen-bond donors (Lipinski definition) is 0. The quantitative estimate of drug-likeness (QED) is 0.681. The first kappa shape index (κ1) is 13.4. The Morgan fingerprint density at radius 2 is 1.90 bits per heavy atom. The van der Waals surface area contributed by atoms with Gasteiger partial charge in [-0.05, 0) is 59.8 Å². The van der Waals surface area contributed by atoms with E-state index in [1.54, 1.807) is 0 Å². The maximum absolute atomic E-state index is 2.39. The van der Waals surface area contributed by atoms with Crippen molar-refractivity contribution in [1.29, 1.82) is 0 Å². The third kappa shape index (κ3) is 2.27. The van der Waals surface area contributed by atoms with Crippen molar-refractivity contribution < 1.29 is 0 Å². The second-order valence-electron chi connectivity index (χ2n) is 5.80. The van der Waals surface area contributed by atoms with Crippen LogP contribution in [0.15, 0.2) is 36.4 Å². The van der Waals surface area contributed by atoms with E-state index < -0.39 is 0 Å². The Kier molecular flexibility index (Phi) is 3.62. The zero-order chi connectivity index (χ0) is 14.1. The third-order valence-corrected chi connectivity index (χ3v) is 4.49. The average Bonchev–Trinajstić information content (AvgIpc) is 2.85. The largest absolute Gasteiger partial charge is 0.302 e. The number of rotatable bonds is 4. The van der Waals surface area contributed by atoms with Crippen LogP contribution >= 0.6 is 0 Å². The molecule has 0 amide bonds. The molecule has 2 aromatic carbocycles. The summed E-state index contributed by atoms with van der Waals surface area (Å²) in [6.45, 7) is 6.59. The Morgan fingerprint density at radius 3 is 2.65 bits per heavy atom. The van der Waals surface area contributed by atoms with Gasteiger partial charge in [0.05, 0.1) is 0 Å². The van der Waals surface area contributed by atoms with Crippen LogP contribution in [0.2, 0.25) is 0 Å². The molecule has 0 heterocycles. The molecule has 0 fully saturated rings. The predicted octanol–water partition coefficient (Wildman–Crippen LogP) is 4.27.